The maximum Gasteiger partial charge on any atom is 0.0348 e. The van der Waals surface area contributed by atoms with Crippen molar-refractivity contribution in [3.05, 3.63) is 0 Å². The number of piperazine rings is 1. The van der Waals surface area contributed by atoms with E-state index in [4.69, 9.17) is 0 Å². The lowest BCUT2D eigenvalue weighted by molar-refractivity contribution is 0.0565. The Hall–Kier alpha value is -0.120. The second kappa shape index (κ2) is 4.94. The van der Waals surface area contributed by atoms with E-state index in [0.29, 0.717) is 12.1 Å². The SMILES string of the molecule is CCN1CC(C)N(C)CC1CNC. The molecule has 1 aliphatic rings. The van der Waals surface area contributed by atoms with Crippen molar-refractivity contribution in [2.75, 3.05) is 40.3 Å². The van der Waals surface area contributed by atoms with Crippen LogP contribution in [-0.2, 0) is 0 Å². The molecule has 3 heteroatoms. The van der Waals surface area contributed by atoms with Crippen LogP contribution < -0.4 is 5.32 Å². The highest BCUT2D eigenvalue weighted by atomic mass is 15.3. The van der Waals surface area contributed by atoms with Crippen LogP contribution in [0, 0.1) is 0 Å². The van der Waals surface area contributed by atoms with E-state index >= 15 is 0 Å². The molecular formula is C10H23N3. The van der Waals surface area contributed by atoms with E-state index < -0.39 is 0 Å². The standard InChI is InChI=1S/C10H23N3/c1-5-13-7-9(2)12(4)8-10(13)6-11-3/h9-11H,5-8H2,1-4H3. The van der Waals surface area contributed by atoms with Gasteiger partial charge in [-0.25, -0.2) is 0 Å². The van der Waals surface area contributed by atoms with Crippen LogP contribution in [0.1, 0.15) is 13.8 Å². The molecule has 1 rings (SSSR count). The first-order valence-corrected chi connectivity index (χ1v) is 5.28. The zero-order valence-electron chi connectivity index (χ0n) is 9.38. The third kappa shape index (κ3) is 2.66. The summed E-state index contributed by atoms with van der Waals surface area (Å²) in [6, 6.07) is 1.39. The van der Waals surface area contributed by atoms with Crippen molar-refractivity contribution < 1.29 is 0 Å². The van der Waals surface area contributed by atoms with E-state index in [2.05, 4.69) is 36.0 Å². The zero-order chi connectivity index (χ0) is 9.84. The van der Waals surface area contributed by atoms with Gasteiger partial charge in [-0.1, -0.05) is 6.92 Å². The fourth-order valence-electron chi connectivity index (χ4n) is 2.07. The molecule has 2 atom stereocenters. The highest BCUT2D eigenvalue weighted by Gasteiger charge is 2.27. The van der Waals surface area contributed by atoms with Crippen molar-refractivity contribution in [2.24, 2.45) is 0 Å². The van der Waals surface area contributed by atoms with E-state index in [1.807, 2.05) is 7.05 Å². The summed E-state index contributed by atoms with van der Waals surface area (Å²) >= 11 is 0. The minimum absolute atomic E-state index is 0.691. The van der Waals surface area contributed by atoms with Gasteiger partial charge in [0, 0.05) is 31.7 Å². The van der Waals surface area contributed by atoms with Crippen LogP contribution in [-0.4, -0.2) is 62.2 Å². The Morgan fingerprint density at radius 3 is 2.62 bits per heavy atom. The predicted octanol–water partition coefficient (Wildman–Crippen LogP) is 0.230. The quantitative estimate of drug-likeness (QED) is 0.679. The number of hydrogen-bond donors (Lipinski definition) is 1. The average Bonchev–Trinajstić information content (AvgIpc) is 2.11. The Labute approximate surface area is 82.1 Å². The summed E-state index contributed by atoms with van der Waals surface area (Å²) in [5.74, 6) is 0. The Balaban J connectivity index is 2.50. The van der Waals surface area contributed by atoms with E-state index in [-0.39, 0.29) is 0 Å². The molecule has 13 heavy (non-hydrogen) atoms. The largest absolute Gasteiger partial charge is 0.318 e. The number of likely N-dealkylation sites (N-methyl/N-ethyl adjacent to an activating group) is 3. The summed E-state index contributed by atoms with van der Waals surface area (Å²) in [6.07, 6.45) is 0. The fraction of sp³-hybridized carbons (Fsp3) is 1.00. The molecule has 3 nitrogen and oxygen atoms in total. The summed E-state index contributed by atoms with van der Waals surface area (Å²) in [5.41, 5.74) is 0. The molecule has 1 fully saturated rings. The monoisotopic (exact) mass is 185 g/mol. The van der Waals surface area contributed by atoms with Crippen LogP contribution in [0.2, 0.25) is 0 Å². The minimum atomic E-state index is 0.691. The van der Waals surface area contributed by atoms with Crippen LogP contribution in [0.25, 0.3) is 0 Å². The maximum absolute atomic E-state index is 3.27. The maximum atomic E-state index is 3.27. The summed E-state index contributed by atoms with van der Waals surface area (Å²) in [5, 5.41) is 3.27. The van der Waals surface area contributed by atoms with E-state index in [1.54, 1.807) is 0 Å². The Morgan fingerprint density at radius 2 is 2.08 bits per heavy atom. The molecule has 1 aliphatic heterocycles. The third-order valence-electron chi connectivity index (χ3n) is 3.11. The number of nitrogens with one attached hydrogen (secondary N) is 1. The number of nitrogens with zero attached hydrogens (tertiary/aromatic N) is 2. The molecule has 78 valence electrons. The van der Waals surface area contributed by atoms with Gasteiger partial charge in [0.2, 0.25) is 0 Å². The lowest BCUT2D eigenvalue weighted by Gasteiger charge is -2.43. The summed E-state index contributed by atoms with van der Waals surface area (Å²) in [7, 11) is 4.26. The van der Waals surface area contributed by atoms with E-state index in [9.17, 15) is 0 Å². The van der Waals surface area contributed by atoms with Gasteiger partial charge in [0.1, 0.15) is 0 Å². The van der Waals surface area contributed by atoms with Crippen molar-refractivity contribution in [3.63, 3.8) is 0 Å². The molecule has 0 bridgehead atoms. The molecule has 0 radical (unpaired) electrons. The minimum Gasteiger partial charge on any atom is -0.318 e. The van der Waals surface area contributed by atoms with Gasteiger partial charge in [0.25, 0.3) is 0 Å². The van der Waals surface area contributed by atoms with Gasteiger partial charge in [0.05, 0.1) is 0 Å². The van der Waals surface area contributed by atoms with Gasteiger partial charge in [-0.05, 0) is 27.6 Å². The van der Waals surface area contributed by atoms with E-state index in [0.717, 1.165) is 6.54 Å². The third-order valence-corrected chi connectivity index (χ3v) is 3.11. The second-order valence-corrected chi connectivity index (χ2v) is 4.09. The highest BCUT2D eigenvalue weighted by molar-refractivity contribution is 4.85. The molecule has 1 N–H and O–H groups in total. The molecule has 1 saturated heterocycles. The van der Waals surface area contributed by atoms with Gasteiger partial charge >= 0.3 is 0 Å². The molecule has 0 aromatic heterocycles. The van der Waals surface area contributed by atoms with Crippen LogP contribution >= 0.6 is 0 Å². The van der Waals surface area contributed by atoms with Crippen LogP contribution in [0.5, 0.6) is 0 Å². The first kappa shape index (κ1) is 11.0. The van der Waals surface area contributed by atoms with Gasteiger partial charge in [-0.15, -0.1) is 0 Å². The molecule has 0 aromatic rings. The molecule has 1 heterocycles. The van der Waals surface area contributed by atoms with Crippen molar-refractivity contribution >= 4 is 0 Å². The van der Waals surface area contributed by atoms with Crippen LogP contribution in [0.4, 0.5) is 0 Å². The van der Waals surface area contributed by atoms with Crippen LogP contribution in [0.15, 0.2) is 0 Å². The summed E-state index contributed by atoms with van der Waals surface area (Å²) < 4.78 is 0. The van der Waals surface area contributed by atoms with Crippen molar-refractivity contribution in [2.45, 2.75) is 25.9 Å². The first-order chi connectivity index (χ1) is 6.19. The molecule has 0 aromatic carbocycles. The fourth-order valence-corrected chi connectivity index (χ4v) is 2.07. The number of hydrogen-bond acceptors (Lipinski definition) is 3. The topological polar surface area (TPSA) is 18.5 Å². The Morgan fingerprint density at radius 1 is 1.38 bits per heavy atom. The van der Waals surface area contributed by atoms with Crippen molar-refractivity contribution in [3.8, 4) is 0 Å². The van der Waals surface area contributed by atoms with Crippen LogP contribution in [0.3, 0.4) is 0 Å². The molecule has 2 unspecified atom stereocenters. The molecule has 0 saturated carbocycles. The lowest BCUT2D eigenvalue weighted by Crippen LogP contribution is -2.58. The molecular weight excluding hydrogens is 162 g/mol. The van der Waals surface area contributed by atoms with Gasteiger partial charge in [0.15, 0.2) is 0 Å². The first-order valence-electron chi connectivity index (χ1n) is 5.28. The number of rotatable bonds is 3. The smallest absolute Gasteiger partial charge is 0.0348 e. The van der Waals surface area contributed by atoms with Crippen molar-refractivity contribution in [1.29, 1.82) is 0 Å². The van der Waals surface area contributed by atoms with Crippen molar-refractivity contribution in [1.82, 2.24) is 15.1 Å². The Kier molecular flexibility index (Phi) is 4.16. The predicted molar refractivity (Wildman–Crippen MR) is 57.1 cm³/mol. The summed E-state index contributed by atoms with van der Waals surface area (Å²) in [4.78, 5) is 5.02. The average molecular weight is 185 g/mol. The Bertz CT molecular complexity index is 149. The van der Waals surface area contributed by atoms with Gasteiger partial charge in [-0.3, -0.25) is 4.90 Å². The van der Waals surface area contributed by atoms with Gasteiger partial charge in [-0.2, -0.15) is 0 Å². The lowest BCUT2D eigenvalue weighted by atomic mass is 10.1. The summed E-state index contributed by atoms with van der Waals surface area (Å²) in [6.45, 7) is 9.23. The molecule has 0 amide bonds. The normalized spacial score (nSPS) is 32.3. The van der Waals surface area contributed by atoms with Gasteiger partial charge < -0.3 is 10.2 Å². The second-order valence-electron chi connectivity index (χ2n) is 4.09. The highest BCUT2D eigenvalue weighted by Crippen LogP contribution is 2.12. The van der Waals surface area contributed by atoms with E-state index in [1.165, 1.54) is 19.6 Å². The molecule has 0 aliphatic carbocycles. The zero-order valence-corrected chi connectivity index (χ0v) is 9.38. The molecule has 0 spiro atoms.